The van der Waals surface area contributed by atoms with Crippen LogP contribution >= 0.6 is 0 Å². The Hall–Kier alpha value is 0.628. The van der Waals surface area contributed by atoms with Gasteiger partial charge in [-0.3, -0.25) is 0 Å². The molecule has 0 aliphatic carbocycles. The minimum Gasteiger partial charge on any atom is -0.436 e. The number of hydrogen-bond acceptors (Lipinski definition) is 6. The lowest BCUT2D eigenvalue weighted by atomic mass is 10.4. The summed E-state index contributed by atoms with van der Waals surface area (Å²) in [7, 11) is -8.78. The molecule has 156 valence electrons. The Morgan fingerprint density at radius 1 is 0.731 bits per heavy atom. The first-order valence-electron chi connectivity index (χ1n) is 10.1. The Labute approximate surface area is 165 Å². The summed E-state index contributed by atoms with van der Waals surface area (Å²) in [5, 5.41) is 0. The Bertz CT molecular complexity index is 431. The maximum absolute atomic E-state index is 6.79. The normalized spacial score (nSPS) is 33.2. The van der Waals surface area contributed by atoms with Crippen molar-refractivity contribution in [2.24, 2.45) is 11.5 Å². The van der Waals surface area contributed by atoms with Crippen LogP contribution in [-0.2, 0) is 16.8 Å². The van der Waals surface area contributed by atoms with Crippen molar-refractivity contribution >= 4 is 34.0 Å². The molecule has 10 heteroatoms. The molecule has 0 aromatic heterocycles. The van der Waals surface area contributed by atoms with Crippen LogP contribution in [0.25, 0.3) is 0 Å². The van der Waals surface area contributed by atoms with Gasteiger partial charge in [0.05, 0.1) is 0 Å². The van der Waals surface area contributed by atoms with Gasteiger partial charge in [-0.25, -0.2) is 0 Å². The molecule has 1 aliphatic rings. The van der Waals surface area contributed by atoms with Crippen molar-refractivity contribution in [2.45, 2.75) is 83.1 Å². The van der Waals surface area contributed by atoms with Crippen LogP contribution < -0.4 is 11.5 Å². The van der Waals surface area contributed by atoms with Crippen LogP contribution in [0.3, 0.4) is 0 Å². The summed E-state index contributed by atoms with van der Waals surface area (Å²) in [5.41, 5.74) is 11.5. The van der Waals surface area contributed by atoms with Crippen molar-refractivity contribution in [1.29, 1.82) is 0 Å². The van der Waals surface area contributed by atoms with Crippen LogP contribution in [0.1, 0.15) is 25.7 Å². The van der Waals surface area contributed by atoms with Gasteiger partial charge in [0, 0.05) is 6.61 Å². The van der Waals surface area contributed by atoms with E-state index in [0.29, 0.717) is 13.1 Å². The first-order valence-corrected chi connectivity index (χ1v) is 21.1. The van der Waals surface area contributed by atoms with Gasteiger partial charge in [-0.2, -0.15) is 0 Å². The zero-order valence-corrected chi connectivity index (χ0v) is 21.9. The fourth-order valence-electron chi connectivity index (χ4n) is 3.76. The Balaban J connectivity index is 3.04. The van der Waals surface area contributed by atoms with Crippen LogP contribution in [0.2, 0.25) is 57.4 Å². The van der Waals surface area contributed by atoms with Gasteiger partial charge < -0.3 is 28.2 Å². The second-order valence-electron chi connectivity index (χ2n) is 8.82. The summed E-state index contributed by atoms with van der Waals surface area (Å²) in [6, 6.07) is 3.00. The molecule has 1 fully saturated rings. The molecule has 0 spiro atoms. The van der Waals surface area contributed by atoms with Gasteiger partial charge in [0.2, 0.25) is 0 Å². The molecule has 26 heavy (non-hydrogen) atoms. The third-order valence-electron chi connectivity index (χ3n) is 4.67. The van der Waals surface area contributed by atoms with E-state index >= 15 is 0 Å². The third kappa shape index (κ3) is 9.21. The van der Waals surface area contributed by atoms with Gasteiger partial charge in [0.15, 0.2) is 8.32 Å². The van der Waals surface area contributed by atoms with Crippen molar-refractivity contribution < 1.29 is 16.8 Å². The lowest BCUT2D eigenvalue weighted by Gasteiger charge is -2.43. The molecule has 1 heterocycles. The quantitative estimate of drug-likeness (QED) is 0.616. The molecule has 1 aliphatic heterocycles. The van der Waals surface area contributed by atoms with E-state index in [9.17, 15) is 0 Å². The van der Waals surface area contributed by atoms with Crippen LogP contribution in [0, 0.1) is 0 Å². The molecule has 0 saturated carbocycles. The van der Waals surface area contributed by atoms with Gasteiger partial charge in [-0.15, -0.1) is 0 Å². The highest BCUT2D eigenvalue weighted by Gasteiger charge is 2.47. The standard InChI is InChI=1S/C16H42N2O4Si4/c1-23(2)14-8-7-13-19-25(5,15-9-11-17)21-24(3,4)22-26(6,20-23)16-10-12-18/h7-18H2,1-6H3. The second kappa shape index (κ2) is 10.4. The van der Waals surface area contributed by atoms with E-state index in [1.54, 1.807) is 0 Å². The summed E-state index contributed by atoms with van der Waals surface area (Å²) in [6.07, 6.45) is 4.09. The lowest BCUT2D eigenvalue weighted by Crippen LogP contribution is -2.59. The monoisotopic (exact) mass is 438 g/mol. The van der Waals surface area contributed by atoms with Gasteiger partial charge in [0.25, 0.3) is 0 Å². The van der Waals surface area contributed by atoms with Gasteiger partial charge in [-0.1, -0.05) is 6.42 Å². The van der Waals surface area contributed by atoms with E-state index in [-0.39, 0.29) is 0 Å². The molecular weight excluding hydrogens is 397 g/mol. The molecule has 0 bridgehead atoms. The van der Waals surface area contributed by atoms with E-state index in [1.165, 1.54) is 0 Å². The zero-order chi connectivity index (χ0) is 19.9. The minimum atomic E-state index is -2.39. The largest absolute Gasteiger partial charge is 0.436 e. The van der Waals surface area contributed by atoms with Crippen molar-refractivity contribution in [3.05, 3.63) is 0 Å². The molecule has 2 unspecified atom stereocenters. The topological polar surface area (TPSA) is 89.0 Å². The molecule has 1 saturated heterocycles. The fourth-order valence-corrected chi connectivity index (χ4v) is 23.2. The van der Waals surface area contributed by atoms with Crippen LogP contribution in [-0.4, -0.2) is 53.7 Å². The average molecular weight is 439 g/mol. The maximum atomic E-state index is 6.79. The molecule has 2 atom stereocenters. The highest BCUT2D eigenvalue weighted by molar-refractivity contribution is 6.89. The Morgan fingerprint density at radius 3 is 1.85 bits per heavy atom. The number of nitrogens with two attached hydrogens (primary N) is 2. The highest BCUT2D eigenvalue weighted by atomic mass is 28.5. The van der Waals surface area contributed by atoms with Gasteiger partial charge in [-0.05, 0) is 89.8 Å². The van der Waals surface area contributed by atoms with E-state index in [1.807, 2.05) is 0 Å². The number of hydrogen-bond donors (Lipinski definition) is 2. The van der Waals surface area contributed by atoms with E-state index < -0.39 is 34.0 Å². The zero-order valence-electron chi connectivity index (χ0n) is 17.9. The number of rotatable bonds is 6. The Morgan fingerprint density at radius 2 is 1.27 bits per heavy atom. The predicted octanol–water partition coefficient (Wildman–Crippen LogP) is 3.60. The summed E-state index contributed by atoms with van der Waals surface area (Å²) >= 11 is 0. The predicted molar refractivity (Wildman–Crippen MR) is 118 cm³/mol. The second-order valence-corrected chi connectivity index (χ2v) is 23.9. The SMILES string of the molecule is C[Si]1(C)CCCCO[Si](C)(CCCN)O[Si](C)(C)O[Si](C)(CCCN)O1. The van der Waals surface area contributed by atoms with Crippen LogP contribution in [0.15, 0.2) is 0 Å². The molecular formula is C16H42N2O4Si4. The van der Waals surface area contributed by atoms with Gasteiger partial charge >= 0.3 is 25.7 Å². The summed E-state index contributed by atoms with van der Waals surface area (Å²) in [6.45, 7) is 15.4. The highest BCUT2D eigenvalue weighted by Crippen LogP contribution is 2.31. The van der Waals surface area contributed by atoms with E-state index in [2.05, 4.69) is 39.3 Å². The van der Waals surface area contributed by atoms with E-state index in [4.69, 9.17) is 28.2 Å². The first kappa shape index (κ1) is 24.7. The summed E-state index contributed by atoms with van der Waals surface area (Å²) in [5.74, 6) is 0. The molecule has 0 aromatic carbocycles. The molecule has 0 amide bonds. The molecule has 1 rings (SSSR count). The first-order chi connectivity index (χ1) is 11.9. The van der Waals surface area contributed by atoms with Crippen molar-refractivity contribution in [2.75, 3.05) is 19.7 Å². The lowest BCUT2D eigenvalue weighted by molar-refractivity contribution is 0.211. The summed E-state index contributed by atoms with van der Waals surface area (Å²) in [4.78, 5) is 0. The summed E-state index contributed by atoms with van der Waals surface area (Å²) < 4.78 is 26.5. The molecule has 0 aromatic rings. The van der Waals surface area contributed by atoms with Gasteiger partial charge in [0.1, 0.15) is 0 Å². The van der Waals surface area contributed by atoms with Crippen molar-refractivity contribution in [3.63, 3.8) is 0 Å². The molecule has 0 radical (unpaired) electrons. The molecule has 4 N–H and O–H groups in total. The van der Waals surface area contributed by atoms with E-state index in [0.717, 1.165) is 50.4 Å². The van der Waals surface area contributed by atoms with Crippen molar-refractivity contribution in [3.8, 4) is 0 Å². The minimum absolute atomic E-state index is 0.671. The Kier molecular flexibility index (Phi) is 9.88. The van der Waals surface area contributed by atoms with Crippen molar-refractivity contribution in [1.82, 2.24) is 0 Å². The van der Waals surface area contributed by atoms with Crippen LogP contribution in [0.5, 0.6) is 0 Å². The fraction of sp³-hybridized carbons (Fsp3) is 1.00. The average Bonchev–Trinajstić information content (AvgIpc) is 2.48. The third-order valence-corrected chi connectivity index (χ3v) is 20.9. The smallest absolute Gasteiger partial charge is 0.326 e. The maximum Gasteiger partial charge on any atom is 0.326 e. The molecule has 6 nitrogen and oxygen atoms in total. The van der Waals surface area contributed by atoms with Crippen LogP contribution in [0.4, 0.5) is 0 Å².